The second-order valence-corrected chi connectivity index (χ2v) is 15.8. The van der Waals surface area contributed by atoms with Gasteiger partial charge in [0.05, 0.1) is 21.4 Å². The van der Waals surface area contributed by atoms with Crippen LogP contribution in [0.15, 0.2) is 190 Å². The molecule has 1 aliphatic carbocycles. The number of nitrogens with one attached hydrogen (secondary N) is 1. The van der Waals surface area contributed by atoms with E-state index in [9.17, 15) is 0 Å². The summed E-state index contributed by atoms with van der Waals surface area (Å²) in [5, 5.41) is 10.8. The fraction of sp³-hybridized carbons (Fsp3) is 0.0588. The Hall–Kier alpha value is -7.02. The van der Waals surface area contributed by atoms with Gasteiger partial charge < -0.3 is 14.3 Å². The molecule has 5 nitrogen and oxygen atoms in total. The van der Waals surface area contributed by atoms with Crippen molar-refractivity contribution in [3.8, 4) is 16.8 Å². The molecule has 0 amide bonds. The highest BCUT2D eigenvalue weighted by atomic mass is 32.1. The van der Waals surface area contributed by atoms with Gasteiger partial charge in [-0.15, -0.1) is 11.3 Å². The van der Waals surface area contributed by atoms with Crippen LogP contribution in [0.4, 0.5) is 0 Å². The summed E-state index contributed by atoms with van der Waals surface area (Å²) in [5.41, 5.74) is 10.8. The second-order valence-electron chi connectivity index (χ2n) is 14.8. The van der Waals surface area contributed by atoms with Gasteiger partial charge in [0.1, 0.15) is 23.2 Å². The van der Waals surface area contributed by atoms with Crippen LogP contribution in [0.5, 0.6) is 0 Å². The number of aromatic nitrogens is 1. The number of para-hydroxylation sites is 2. The van der Waals surface area contributed by atoms with Crippen molar-refractivity contribution < 1.29 is 4.42 Å². The maximum atomic E-state index is 6.55. The molecule has 10 aromatic rings. The maximum Gasteiger partial charge on any atom is 0.160 e. The molecule has 4 heterocycles. The fourth-order valence-electron chi connectivity index (χ4n) is 8.89. The summed E-state index contributed by atoms with van der Waals surface area (Å²) < 4.78 is 11.5. The van der Waals surface area contributed by atoms with Crippen molar-refractivity contribution in [2.45, 2.75) is 19.0 Å². The minimum absolute atomic E-state index is 0.244. The van der Waals surface area contributed by atoms with Crippen molar-refractivity contribution >= 4 is 86.9 Å². The minimum atomic E-state index is -0.244. The van der Waals surface area contributed by atoms with Crippen molar-refractivity contribution in [3.05, 3.63) is 187 Å². The Kier molecular flexibility index (Phi) is 7.22. The summed E-state index contributed by atoms with van der Waals surface area (Å²) in [6, 6.07) is 54.1. The van der Waals surface area contributed by atoms with Crippen molar-refractivity contribution in [1.82, 2.24) is 9.88 Å². The zero-order chi connectivity index (χ0) is 37.5. The van der Waals surface area contributed by atoms with Gasteiger partial charge in [0.2, 0.25) is 0 Å². The molecule has 0 spiro atoms. The first kappa shape index (κ1) is 32.2. The number of hydrogen-bond acceptors (Lipinski definition) is 5. The third-order valence-corrected chi connectivity index (χ3v) is 12.8. The molecule has 0 fully saturated rings. The SMILES string of the molecule is C1=CC(C2N=C(c3cccc4oc5ccc(-c6cccc7c6sc6c(-n8c9ccccc9c9ccccc98)cccc67)cc5c34)N=C(c3ccccc3)N2)=CCC1. The monoisotopic (exact) mass is 750 g/mol. The summed E-state index contributed by atoms with van der Waals surface area (Å²) in [5.74, 6) is 1.51. The Balaban J connectivity index is 1.04. The molecule has 270 valence electrons. The highest BCUT2D eigenvalue weighted by Gasteiger charge is 2.25. The van der Waals surface area contributed by atoms with Gasteiger partial charge in [-0.2, -0.15) is 0 Å². The Morgan fingerprint density at radius 1 is 0.596 bits per heavy atom. The van der Waals surface area contributed by atoms with Crippen LogP contribution in [0, 0.1) is 0 Å². The van der Waals surface area contributed by atoms with Crippen molar-refractivity contribution in [3.63, 3.8) is 0 Å². The van der Waals surface area contributed by atoms with Gasteiger partial charge in [0.25, 0.3) is 0 Å². The number of aliphatic imine (C=N–C) groups is 2. The largest absolute Gasteiger partial charge is 0.456 e. The molecule has 2 aliphatic rings. The van der Waals surface area contributed by atoms with Crippen LogP contribution < -0.4 is 5.32 Å². The number of nitrogens with zero attached hydrogens (tertiary/aromatic N) is 3. The van der Waals surface area contributed by atoms with Gasteiger partial charge in [-0.3, -0.25) is 0 Å². The smallest absolute Gasteiger partial charge is 0.160 e. The molecule has 0 bridgehead atoms. The van der Waals surface area contributed by atoms with E-state index in [0.29, 0.717) is 5.84 Å². The number of thiophene rings is 1. The topological polar surface area (TPSA) is 54.8 Å². The number of benzene rings is 7. The van der Waals surface area contributed by atoms with Gasteiger partial charge in [0.15, 0.2) is 5.84 Å². The molecule has 12 rings (SSSR count). The summed E-state index contributed by atoms with van der Waals surface area (Å²) >= 11 is 1.87. The number of hydrogen-bond donors (Lipinski definition) is 1. The summed E-state index contributed by atoms with van der Waals surface area (Å²) in [6.45, 7) is 0. The molecule has 6 heteroatoms. The summed E-state index contributed by atoms with van der Waals surface area (Å²) in [4.78, 5) is 10.4. The van der Waals surface area contributed by atoms with E-state index in [1.165, 1.54) is 53.2 Å². The van der Waals surface area contributed by atoms with Crippen molar-refractivity contribution in [1.29, 1.82) is 0 Å². The van der Waals surface area contributed by atoms with Crippen LogP contribution in [0.2, 0.25) is 0 Å². The zero-order valence-corrected chi connectivity index (χ0v) is 31.6. The zero-order valence-electron chi connectivity index (χ0n) is 30.8. The van der Waals surface area contributed by atoms with E-state index in [-0.39, 0.29) is 6.17 Å². The predicted molar refractivity (Wildman–Crippen MR) is 239 cm³/mol. The second kappa shape index (κ2) is 12.8. The van der Waals surface area contributed by atoms with Gasteiger partial charge in [-0.1, -0.05) is 133 Å². The van der Waals surface area contributed by atoms with E-state index in [1.807, 2.05) is 35.6 Å². The van der Waals surface area contributed by atoms with Crippen molar-refractivity contribution in [2.24, 2.45) is 9.98 Å². The number of amidine groups is 2. The lowest BCUT2D eigenvalue weighted by Gasteiger charge is -2.25. The van der Waals surface area contributed by atoms with Crippen LogP contribution in [0.3, 0.4) is 0 Å². The molecular weight excluding hydrogens is 717 g/mol. The number of furan rings is 1. The molecular formula is C51H34N4OS. The van der Waals surface area contributed by atoms with E-state index in [0.717, 1.165) is 62.9 Å². The van der Waals surface area contributed by atoms with Crippen LogP contribution in [-0.2, 0) is 0 Å². The molecule has 0 saturated heterocycles. The van der Waals surface area contributed by atoms with Gasteiger partial charge >= 0.3 is 0 Å². The lowest BCUT2D eigenvalue weighted by Crippen LogP contribution is -2.40. The summed E-state index contributed by atoms with van der Waals surface area (Å²) in [7, 11) is 0. The van der Waals surface area contributed by atoms with E-state index < -0.39 is 0 Å². The van der Waals surface area contributed by atoms with Gasteiger partial charge in [-0.25, -0.2) is 9.98 Å². The maximum absolute atomic E-state index is 6.55. The van der Waals surface area contributed by atoms with Gasteiger partial charge in [-0.05, 0) is 65.9 Å². The Morgan fingerprint density at radius 2 is 1.32 bits per heavy atom. The normalized spacial score (nSPS) is 15.8. The minimum Gasteiger partial charge on any atom is -0.456 e. The molecule has 57 heavy (non-hydrogen) atoms. The highest BCUT2D eigenvalue weighted by molar-refractivity contribution is 7.26. The lowest BCUT2D eigenvalue weighted by molar-refractivity contribution is 0.669. The van der Waals surface area contributed by atoms with Crippen molar-refractivity contribution in [2.75, 3.05) is 0 Å². The Morgan fingerprint density at radius 3 is 2.12 bits per heavy atom. The standard InChI is InChI=1S/C51H34N4OS/c1-3-14-31(15-4-1)49-52-50(32-16-5-2-6-17-32)54-51(53-49)39-23-13-27-45-46(39)40-30-33(28-29-44(40)56-45)34-20-11-21-37-38-22-12-26-43(48(38)57-47(34)37)55-41-24-9-7-18-35(41)36-19-8-10-25-42(36)55/h1,3-5,7-30,50H,2,6H2,(H,52,53,54). The van der Waals surface area contributed by atoms with Crippen LogP contribution in [0.25, 0.3) is 80.7 Å². The average molecular weight is 751 g/mol. The number of rotatable bonds is 5. The van der Waals surface area contributed by atoms with E-state index in [2.05, 4.69) is 156 Å². The molecule has 1 N–H and O–H groups in total. The number of fused-ring (bicyclic) bond motifs is 9. The Labute approximate surface area is 332 Å². The molecule has 1 aliphatic heterocycles. The molecule has 3 aromatic heterocycles. The van der Waals surface area contributed by atoms with Crippen LogP contribution in [0.1, 0.15) is 24.0 Å². The molecule has 7 aromatic carbocycles. The van der Waals surface area contributed by atoms with Crippen LogP contribution >= 0.6 is 11.3 Å². The number of allylic oxidation sites excluding steroid dienone is 2. The first-order valence-corrected chi connectivity index (χ1v) is 20.3. The third kappa shape index (κ3) is 5.07. The third-order valence-electron chi connectivity index (χ3n) is 11.5. The van der Waals surface area contributed by atoms with E-state index >= 15 is 0 Å². The molecule has 0 saturated carbocycles. The lowest BCUT2D eigenvalue weighted by atomic mass is 9.98. The molecule has 1 atom stereocenters. The summed E-state index contributed by atoms with van der Waals surface area (Å²) in [6.07, 6.45) is 8.52. The highest BCUT2D eigenvalue weighted by Crippen LogP contribution is 2.45. The first-order chi connectivity index (χ1) is 28.3. The van der Waals surface area contributed by atoms with Crippen LogP contribution in [-0.4, -0.2) is 22.4 Å². The molecule has 1 unspecified atom stereocenters. The quantitative estimate of drug-likeness (QED) is 0.190. The average Bonchev–Trinajstić information content (AvgIpc) is 3.96. The first-order valence-electron chi connectivity index (χ1n) is 19.5. The van der Waals surface area contributed by atoms with Gasteiger partial charge in [0, 0.05) is 48.1 Å². The predicted octanol–water partition coefficient (Wildman–Crippen LogP) is 13.1. The fourth-order valence-corrected chi connectivity index (χ4v) is 10.2. The van der Waals surface area contributed by atoms with E-state index in [4.69, 9.17) is 14.4 Å². The molecule has 0 radical (unpaired) electrons. The van der Waals surface area contributed by atoms with E-state index in [1.54, 1.807) is 0 Å². The Bertz CT molecular complexity index is 3340.